The van der Waals surface area contributed by atoms with Gasteiger partial charge in [0.15, 0.2) is 0 Å². The van der Waals surface area contributed by atoms with Gasteiger partial charge in [-0.15, -0.1) is 0 Å². The summed E-state index contributed by atoms with van der Waals surface area (Å²) < 4.78 is 4.21. The third-order valence-electron chi connectivity index (χ3n) is 4.48. The fraction of sp³-hybridized carbons (Fsp3) is 0.643. The van der Waals surface area contributed by atoms with Gasteiger partial charge in [-0.2, -0.15) is 5.10 Å². The lowest BCUT2D eigenvalue weighted by Crippen LogP contribution is -2.38. The van der Waals surface area contributed by atoms with Gasteiger partial charge in [-0.25, -0.2) is 14.6 Å². The number of imidazole rings is 1. The van der Waals surface area contributed by atoms with Gasteiger partial charge in [0.05, 0.1) is 24.5 Å². The molecule has 3 heterocycles. The summed E-state index contributed by atoms with van der Waals surface area (Å²) >= 11 is 0. The molecule has 1 fully saturated rings. The summed E-state index contributed by atoms with van der Waals surface area (Å²) in [5.41, 5.74) is 1.23. The van der Waals surface area contributed by atoms with Crippen molar-refractivity contribution in [2.45, 2.75) is 38.9 Å². The van der Waals surface area contributed by atoms with Crippen molar-refractivity contribution in [2.24, 2.45) is 5.92 Å². The minimum absolute atomic E-state index is 0.425. The molecule has 0 aromatic carbocycles. The van der Waals surface area contributed by atoms with Crippen LogP contribution >= 0.6 is 0 Å². The second-order valence-corrected chi connectivity index (χ2v) is 5.97. The summed E-state index contributed by atoms with van der Waals surface area (Å²) in [6.45, 7) is 6.44. The molecular formula is C14H20N6. The average Bonchev–Trinajstić information content (AvgIpc) is 2.96. The molecule has 1 saturated carbocycles. The van der Waals surface area contributed by atoms with Crippen molar-refractivity contribution in [1.29, 1.82) is 0 Å². The molecule has 0 bridgehead atoms. The lowest BCUT2D eigenvalue weighted by Gasteiger charge is -2.34. The van der Waals surface area contributed by atoms with Gasteiger partial charge in [0.1, 0.15) is 18.5 Å². The van der Waals surface area contributed by atoms with E-state index in [1.165, 1.54) is 30.9 Å². The highest BCUT2D eigenvalue weighted by molar-refractivity contribution is 5.11. The zero-order valence-electron chi connectivity index (χ0n) is 11.8. The second-order valence-electron chi connectivity index (χ2n) is 5.97. The van der Waals surface area contributed by atoms with Crippen molar-refractivity contribution < 1.29 is 0 Å². The lowest BCUT2D eigenvalue weighted by atomic mass is 10.2. The van der Waals surface area contributed by atoms with Crippen LogP contribution in [0.4, 0.5) is 0 Å². The van der Waals surface area contributed by atoms with Gasteiger partial charge in [0.25, 0.3) is 0 Å². The summed E-state index contributed by atoms with van der Waals surface area (Å²) in [7, 11) is 0. The van der Waals surface area contributed by atoms with Crippen LogP contribution in [-0.2, 0) is 13.1 Å². The predicted octanol–water partition coefficient (Wildman–Crippen LogP) is 1.31. The standard InChI is InChI=1S/C14H20N6/c1-11-14-16-6-13(8-19-10-15-9-17-19)20(14)5-4-18(11)7-12-2-3-12/h6,9-12H,2-5,7-8H2,1H3. The molecule has 0 spiro atoms. The number of nitrogens with zero attached hydrogens (tertiary/aromatic N) is 6. The van der Waals surface area contributed by atoms with Gasteiger partial charge < -0.3 is 4.57 Å². The average molecular weight is 272 g/mol. The van der Waals surface area contributed by atoms with Gasteiger partial charge in [-0.1, -0.05) is 0 Å². The largest absolute Gasteiger partial charge is 0.328 e. The molecule has 2 aliphatic rings. The first-order valence-corrected chi connectivity index (χ1v) is 7.42. The molecule has 20 heavy (non-hydrogen) atoms. The Morgan fingerprint density at radius 1 is 1.30 bits per heavy atom. The first kappa shape index (κ1) is 12.1. The number of rotatable bonds is 4. The van der Waals surface area contributed by atoms with E-state index in [2.05, 4.69) is 31.5 Å². The van der Waals surface area contributed by atoms with Crippen LogP contribution in [0, 0.1) is 5.92 Å². The third-order valence-corrected chi connectivity index (χ3v) is 4.48. The van der Waals surface area contributed by atoms with E-state index in [1.807, 2.05) is 10.9 Å². The Kier molecular flexibility index (Phi) is 2.84. The maximum Gasteiger partial charge on any atom is 0.137 e. The lowest BCUT2D eigenvalue weighted by molar-refractivity contribution is 0.156. The van der Waals surface area contributed by atoms with Crippen LogP contribution < -0.4 is 0 Å². The number of hydrogen-bond acceptors (Lipinski definition) is 4. The normalized spacial score (nSPS) is 22.9. The Hall–Kier alpha value is -1.69. The van der Waals surface area contributed by atoms with Gasteiger partial charge in [0, 0.05) is 19.6 Å². The Balaban J connectivity index is 1.54. The molecule has 2 aromatic rings. The molecule has 0 N–H and O–H groups in total. The first-order chi connectivity index (χ1) is 9.81. The van der Waals surface area contributed by atoms with Crippen LogP contribution in [0.15, 0.2) is 18.9 Å². The zero-order chi connectivity index (χ0) is 13.5. The summed E-state index contributed by atoms with van der Waals surface area (Å²) in [6, 6.07) is 0.425. The third kappa shape index (κ3) is 2.14. The van der Waals surface area contributed by atoms with E-state index < -0.39 is 0 Å². The molecule has 0 saturated heterocycles. The van der Waals surface area contributed by atoms with E-state index in [0.717, 1.165) is 25.6 Å². The van der Waals surface area contributed by atoms with E-state index in [9.17, 15) is 0 Å². The number of aromatic nitrogens is 5. The molecule has 106 valence electrons. The number of fused-ring (bicyclic) bond motifs is 1. The highest BCUT2D eigenvalue weighted by Crippen LogP contribution is 2.34. The van der Waals surface area contributed by atoms with Crippen LogP contribution in [0.25, 0.3) is 0 Å². The topological polar surface area (TPSA) is 51.8 Å². The van der Waals surface area contributed by atoms with E-state index in [1.54, 1.807) is 12.7 Å². The van der Waals surface area contributed by atoms with Crippen molar-refractivity contribution in [3.63, 3.8) is 0 Å². The van der Waals surface area contributed by atoms with Crippen LogP contribution in [0.3, 0.4) is 0 Å². The van der Waals surface area contributed by atoms with E-state index in [0.29, 0.717) is 6.04 Å². The molecule has 1 unspecified atom stereocenters. The Morgan fingerprint density at radius 3 is 2.95 bits per heavy atom. The molecule has 1 aliphatic carbocycles. The molecule has 0 amide bonds. The summed E-state index contributed by atoms with van der Waals surface area (Å²) in [5.74, 6) is 2.14. The molecular weight excluding hydrogens is 252 g/mol. The summed E-state index contributed by atoms with van der Waals surface area (Å²) in [4.78, 5) is 11.2. The maximum absolute atomic E-state index is 4.66. The smallest absolute Gasteiger partial charge is 0.137 e. The Morgan fingerprint density at radius 2 is 2.20 bits per heavy atom. The summed E-state index contributed by atoms with van der Waals surface area (Å²) in [5, 5.41) is 4.18. The van der Waals surface area contributed by atoms with E-state index in [-0.39, 0.29) is 0 Å². The quantitative estimate of drug-likeness (QED) is 0.842. The molecule has 6 heteroatoms. The highest BCUT2D eigenvalue weighted by Gasteiger charge is 2.31. The monoisotopic (exact) mass is 272 g/mol. The maximum atomic E-state index is 4.66. The molecule has 2 aromatic heterocycles. The molecule has 1 aliphatic heterocycles. The van der Waals surface area contributed by atoms with Crippen LogP contribution in [0.2, 0.25) is 0 Å². The second kappa shape index (κ2) is 4.70. The molecule has 1 atom stereocenters. The van der Waals surface area contributed by atoms with E-state index in [4.69, 9.17) is 0 Å². The van der Waals surface area contributed by atoms with Crippen LogP contribution in [0.5, 0.6) is 0 Å². The van der Waals surface area contributed by atoms with Crippen molar-refractivity contribution in [3.05, 3.63) is 30.4 Å². The van der Waals surface area contributed by atoms with Gasteiger partial charge in [-0.3, -0.25) is 4.90 Å². The fourth-order valence-electron chi connectivity index (χ4n) is 3.09. The van der Waals surface area contributed by atoms with Crippen molar-refractivity contribution in [2.75, 3.05) is 13.1 Å². The zero-order valence-corrected chi connectivity index (χ0v) is 11.8. The van der Waals surface area contributed by atoms with Crippen molar-refractivity contribution >= 4 is 0 Å². The fourth-order valence-corrected chi connectivity index (χ4v) is 3.09. The Labute approximate surface area is 118 Å². The van der Waals surface area contributed by atoms with Gasteiger partial charge in [0.2, 0.25) is 0 Å². The minimum atomic E-state index is 0.425. The molecule has 4 rings (SSSR count). The van der Waals surface area contributed by atoms with Crippen LogP contribution in [0.1, 0.15) is 37.3 Å². The predicted molar refractivity (Wildman–Crippen MR) is 74.1 cm³/mol. The molecule has 6 nitrogen and oxygen atoms in total. The molecule has 0 radical (unpaired) electrons. The summed E-state index contributed by atoms with van der Waals surface area (Å²) in [6.07, 6.45) is 8.15. The number of hydrogen-bond donors (Lipinski definition) is 0. The highest BCUT2D eigenvalue weighted by atomic mass is 15.3. The van der Waals surface area contributed by atoms with Gasteiger partial charge >= 0.3 is 0 Å². The van der Waals surface area contributed by atoms with Crippen LogP contribution in [-0.4, -0.2) is 42.3 Å². The minimum Gasteiger partial charge on any atom is -0.328 e. The Bertz CT molecular complexity index is 583. The SMILES string of the molecule is CC1c2ncc(Cn3cncn3)n2CCN1CC1CC1. The van der Waals surface area contributed by atoms with Crippen molar-refractivity contribution in [3.8, 4) is 0 Å². The van der Waals surface area contributed by atoms with Crippen molar-refractivity contribution in [1.82, 2.24) is 29.2 Å². The first-order valence-electron chi connectivity index (χ1n) is 7.42. The van der Waals surface area contributed by atoms with E-state index >= 15 is 0 Å². The van der Waals surface area contributed by atoms with Gasteiger partial charge in [-0.05, 0) is 25.7 Å².